The smallest absolute Gasteiger partial charge is 0.220 e. The molecule has 4 heteroatoms. The molecule has 0 saturated carbocycles. The molecule has 1 atom stereocenters. The second-order valence-electron chi connectivity index (χ2n) is 7.77. The Balaban J connectivity index is 0.00000231. The van der Waals surface area contributed by atoms with Crippen molar-refractivity contribution in [3.8, 4) is 5.75 Å². The van der Waals surface area contributed by atoms with Gasteiger partial charge in [-0.15, -0.1) is 0 Å². The number of hydrogen-bond donors (Lipinski definition) is 1. The molecule has 1 aliphatic heterocycles. The van der Waals surface area contributed by atoms with E-state index in [9.17, 15) is 4.79 Å². The van der Waals surface area contributed by atoms with Crippen LogP contribution in [0, 0.1) is 0 Å². The van der Waals surface area contributed by atoms with Crippen LogP contribution in [0.25, 0.3) is 10.9 Å². The first-order valence-electron chi connectivity index (χ1n) is 10.3. The molecular formula is C26H26N2O2. The van der Waals surface area contributed by atoms with Crippen molar-refractivity contribution in [3.63, 3.8) is 0 Å². The van der Waals surface area contributed by atoms with E-state index in [1.54, 1.807) is 6.92 Å². The highest BCUT2D eigenvalue weighted by molar-refractivity contribution is 5.87. The van der Waals surface area contributed by atoms with E-state index in [-0.39, 0.29) is 13.4 Å². The zero-order chi connectivity index (χ0) is 20.5. The normalized spacial score (nSPS) is 15.8. The van der Waals surface area contributed by atoms with E-state index in [1.807, 2.05) is 47.4 Å². The van der Waals surface area contributed by atoms with E-state index in [1.165, 1.54) is 10.9 Å². The van der Waals surface area contributed by atoms with Crippen LogP contribution in [0.4, 0.5) is 0 Å². The average molecular weight is 399 g/mol. The zero-order valence-corrected chi connectivity index (χ0v) is 17.0. The number of aromatic nitrogens is 1. The quantitative estimate of drug-likeness (QED) is 0.494. The van der Waals surface area contributed by atoms with Gasteiger partial charge in [0.25, 0.3) is 0 Å². The van der Waals surface area contributed by atoms with E-state index in [2.05, 4.69) is 41.4 Å². The van der Waals surface area contributed by atoms with Gasteiger partial charge in [-0.25, -0.2) is 0 Å². The summed E-state index contributed by atoms with van der Waals surface area (Å²) in [7, 11) is 0. The third-order valence-electron chi connectivity index (χ3n) is 5.87. The van der Waals surface area contributed by atoms with Crippen molar-refractivity contribution in [1.82, 2.24) is 9.88 Å². The van der Waals surface area contributed by atoms with E-state index in [0.29, 0.717) is 13.2 Å². The molecular weight excluding hydrogens is 372 g/mol. The minimum absolute atomic E-state index is 0. The fraction of sp³-hybridized carbons (Fsp3) is 0.192. The van der Waals surface area contributed by atoms with Gasteiger partial charge in [0.05, 0.1) is 6.04 Å². The van der Waals surface area contributed by atoms with Gasteiger partial charge in [-0.05, 0) is 41.3 Å². The highest BCUT2D eigenvalue weighted by Crippen LogP contribution is 2.39. The molecule has 0 aliphatic carbocycles. The van der Waals surface area contributed by atoms with Gasteiger partial charge in [0.15, 0.2) is 0 Å². The first kappa shape index (κ1) is 18.5. The SMILES string of the molecule is CC(=O)N1CCc2c([nH]c3ccc(OCc4ccccc4)cc23)C1c1ccccc1.[HH]. The van der Waals surface area contributed by atoms with Crippen molar-refractivity contribution in [2.24, 2.45) is 0 Å². The fourth-order valence-corrected chi connectivity index (χ4v) is 4.42. The van der Waals surface area contributed by atoms with Gasteiger partial charge in [0.1, 0.15) is 12.4 Å². The highest BCUT2D eigenvalue weighted by atomic mass is 16.5. The van der Waals surface area contributed by atoms with Crippen molar-refractivity contribution in [3.05, 3.63) is 101 Å². The minimum atomic E-state index is -0.0893. The molecule has 1 aliphatic rings. The number of carbonyl (C=O) groups is 1. The lowest BCUT2D eigenvalue weighted by molar-refractivity contribution is -0.130. The number of amides is 1. The molecule has 1 aromatic heterocycles. The summed E-state index contributed by atoms with van der Waals surface area (Å²) < 4.78 is 6.05. The molecule has 2 heterocycles. The van der Waals surface area contributed by atoms with Crippen LogP contribution in [-0.2, 0) is 17.8 Å². The van der Waals surface area contributed by atoms with Gasteiger partial charge in [0, 0.05) is 31.5 Å². The number of nitrogens with one attached hydrogen (secondary N) is 1. The number of aromatic amines is 1. The van der Waals surface area contributed by atoms with Crippen molar-refractivity contribution in [1.29, 1.82) is 0 Å². The van der Waals surface area contributed by atoms with E-state index >= 15 is 0 Å². The number of nitrogens with zero attached hydrogens (tertiary/aromatic N) is 1. The molecule has 3 aromatic carbocycles. The number of fused-ring (bicyclic) bond motifs is 3. The summed E-state index contributed by atoms with van der Waals surface area (Å²) in [5.41, 5.74) is 5.74. The maximum Gasteiger partial charge on any atom is 0.220 e. The predicted octanol–water partition coefficient (Wildman–Crippen LogP) is 5.49. The van der Waals surface area contributed by atoms with Crippen molar-refractivity contribution in [2.45, 2.75) is 26.0 Å². The van der Waals surface area contributed by atoms with Gasteiger partial charge < -0.3 is 14.6 Å². The van der Waals surface area contributed by atoms with Crippen LogP contribution in [0.3, 0.4) is 0 Å². The second-order valence-corrected chi connectivity index (χ2v) is 7.77. The lowest BCUT2D eigenvalue weighted by atomic mass is 9.92. The van der Waals surface area contributed by atoms with Gasteiger partial charge in [-0.1, -0.05) is 60.7 Å². The van der Waals surface area contributed by atoms with Crippen LogP contribution in [0.5, 0.6) is 5.75 Å². The number of ether oxygens (including phenoxy) is 1. The van der Waals surface area contributed by atoms with Gasteiger partial charge in [-0.2, -0.15) is 0 Å². The predicted molar refractivity (Wildman–Crippen MR) is 121 cm³/mol. The molecule has 0 spiro atoms. The Morgan fingerprint density at radius 3 is 2.53 bits per heavy atom. The summed E-state index contributed by atoms with van der Waals surface area (Å²) in [4.78, 5) is 17.9. The summed E-state index contributed by atoms with van der Waals surface area (Å²) in [5, 5.41) is 1.18. The third-order valence-corrected chi connectivity index (χ3v) is 5.87. The van der Waals surface area contributed by atoms with Crippen LogP contribution in [0.2, 0.25) is 0 Å². The van der Waals surface area contributed by atoms with Crippen molar-refractivity contribution < 1.29 is 11.0 Å². The molecule has 0 fully saturated rings. The van der Waals surface area contributed by atoms with Crippen LogP contribution in [0.15, 0.2) is 78.9 Å². The number of hydrogen-bond acceptors (Lipinski definition) is 2. The monoisotopic (exact) mass is 398 g/mol. The molecule has 1 amide bonds. The Hall–Kier alpha value is -3.53. The summed E-state index contributed by atoms with van der Waals surface area (Å²) in [5.74, 6) is 0.957. The summed E-state index contributed by atoms with van der Waals surface area (Å²) in [6.07, 6.45) is 0.834. The molecule has 4 aromatic rings. The van der Waals surface area contributed by atoms with Crippen LogP contribution in [0.1, 0.15) is 36.8 Å². The van der Waals surface area contributed by atoms with Crippen LogP contribution in [-0.4, -0.2) is 22.3 Å². The van der Waals surface area contributed by atoms with Gasteiger partial charge in [-0.3, -0.25) is 4.79 Å². The largest absolute Gasteiger partial charge is 0.489 e. The van der Waals surface area contributed by atoms with E-state index in [4.69, 9.17) is 4.74 Å². The summed E-state index contributed by atoms with van der Waals surface area (Å²) >= 11 is 0. The fourth-order valence-electron chi connectivity index (χ4n) is 4.42. The minimum Gasteiger partial charge on any atom is -0.489 e. The maximum absolute atomic E-state index is 12.4. The second kappa shape index (κ2) is 7.71. The first-order chi connectivity index (χ1) is 14.7. The van der Waals surface area contributed by atoms with E-state index < -0.39 is 0 Å². The topological polar surface area (TPSA) is 45.3 Å². The Kier molecular flexibility index (Phi) is 4.75. The molecule has 1 unspecified atom stereocenters. The summed E-state index contributed by atoms with van der Waals surface area (Å²) in [6.45, 7) is 2.91. The van der Waals surface area contributed by atoms with Crippen LogP contribution >= 0.6 is 0 Å². The molecule has 1 N–H and O–H groups in total. The average Bonchev–Trinajstić information content (AvgIpc) is 3.16. The van der Waals surface area contributed by atoms with Gasteiger partial charge in [0.2, 0.25) is 5.91 Å². The number of rotatable bonds is 4. The summed E-state index contributed by atoms with van der Waals surface area (Å²) in [6, 6.07) is 26.6. The number of benzene rings is 3. The van der Waals surface area contributed by atoms with Crippen molar-refractivity contribution in [2.75, 3.05) is 6.54 Å². The lowest BCUT2D eigenvalue weighted by Crippen LogP contribution is -2.39. The molecule has 5 rings (SSSR count). The van der Waals surface area contributed by atoms with E-state index in [0.717, 1.165) is 34.5 Å². The molecule has 30 heavy (non-hydrogen) atoms. The Morgan fingerprint density at radius 2 is 1.80 bits per heavy atom. The number of H-pyrrole nitrogens is 1. The molecule has 0 radical (unpaired) electrons. The molecule has 152 valence electrons. The third kappa shape index (κ3) is 3.35. The van der Waals surface area contributed by atoms with Gasteiger partial charge >= 0.3 is 0 Å². The van der Waals surface area contributed by atoms with Crippen molar-refractivity contribution >= 4 is 16.8 Å². The standard InChI is InChI=1S/C26H24N2O2.H2/c1-18(29)28-15-14-22-23-16-21(30-17-19-8-4-2-5-9-19)12-13-24(23)27-25(22)26(28)20-10-6-3-7-11-20;/h2-13,16,26-27H,14-15,17H2,1H3;1H. The maximum atomic E-state index is 12.4. The Morgan fingerprint density at radius 1 is 1.07 bits per heavy atom. The molecule has 4 nitrogen and oxygen atoms in total. The first-order valence-corrected chi connectivity index (χ1v) is 10.3. The Labute approximate surface area is 177 Å². The molecule has 0 saturated heterocycles. The zero-order valence-electron chi connectivity index (χ0n) is 17.0. The van der Waals surface area contributed by atoms with Crippen LogP contribution < -0.4 is 4.74 Å². The number of carbonyl (C=O) groups excluding carboxylic acids is 1. The highest BCUT2D eigenvalue weighted by Gasteiger charge is 2.33. The Bertz CT molecular complexity index is 1190. The lowest BCUT2D eigenvalue weighted by Gasteiger charge is -2.35. The molecule has 0 bridgehead atoms.